The van der Waals surface area contributed by atoms with Crippen LogP contribution in [0.25, 0.3) is 5.52 Å². The summed E-state index contributed by atoms with van der Waals surface area (Å²) in [6.07, 6.45) is 6.16. The Morgan fingerprint density at radius 1 is 1.24 bits per heavy atom. The van der Waals surface area contributed by atoms with Crippen LogP contribution in [0.15, 0.2) is 24.7 Å². The fourth-order valence-corrected chi connectivity index (χ4v) is 3.66. The van der Waals surface area contributed by atoms with Gasteiger partial charge in [-0.15, -0.1) is 0 Å². The predicted molar refractivity (Wildman–Crippen MR) is 102 cm³/mol. The largest absolute Gasteiger partial charge is 0.493 e. The second kappa shape index (κ2) is 7.22. The quantitative estimate of drug-likeness (QED) is 0.592. The Labute approximate surface area is 157 Å². The van der Waals surface area contributed by atoms with Crippen molar-refractivity contribution in [3.05, 3.63) is 57.3 Å². The van der Waals surface area contributed by atoms with Gasteiger partial charge in [0.25, 0.3) is 0 Å². The molecular weight excluding hydrogens is 357 g/mol. The molecule has 2 heterocycles. The SMILES string of the molecule is CCOc1c(C(C)c2ncc3c(Cl)nccn23)cc(Cl)c(C)c1CC. The lowest BCUT2D eigenvalue weighted by Crippen LogP contribution is -2.09. The van der Waals surface area contributed by atoms with E-state index in [-0.39, 0.29) is 5.92 Å². The highest BCUT2D eigenvalue weighted by Gasteiger charge is 2.23. The number of ether oxygens (including phenoxy) is 1. The Balaban J connectivity index is 2.20. The standard InChI is InChI=1S/C19H21Cl2N3O/c1-5-13-11(3)15(20)9-14(17(13)25-6-2)12(4)19-23-10-16-18(21)22-7-8-24(16)19/h7-10,12H,5-6H2,1-4H3. The van der Waals surface area contributed by atoms with Crippen LogP contribution in [0.5, 0.6) is 5.75 Å². The molecule has 6 heteroatoms. The molecule has 0 radical (unpaired) electrons. The van der Waals surface area contributed by atoms with Crippen LogP contribution >= 0.6 is 23.2 Å². The molecule has 2 aromatic heterocycles. The fraction of sp³-hybridized carbons (Fsp3) is 0.368. The topological polar surface area (TPSA) is 39.4 Å². The first kappa shape index (κ1) is 18.0. The molecule has 0 aliphatic rings. The molecule has 0 amide bonds. The molecule has 0 aliphatic heterocycles. The second-order valence-corrected chi connectivity index (χ2v) is 6.74. The molecule has 0 saturated heterocycles. The zero-order chi connectivity index (χ0) is 18.1. The van der Waals surface area contributed by atoms with Gasteiger partial charge >= 0.3 is 0 Å². The Morgan fingerprint density at radius 2 is 2.00 bits per heavy atom. The summed E-state index contributed by atoms with van der Waals surface area (Å²) in [6.45, 7) is 8.85. The molecule has 0 spiro atoms. The maximum absolute atomic E-state index is 6.50. The Bertz CT molecular complexity index is 921. The van der Waals surface area contributed by atoms with Crippen molar-refractivity contribution >= 4 is 28.7 Å². The molecule has 1 aromatic carbocycles. The van der Waals surface area contributed by atoms with Gasteiger partial charge in [0.1, 0.15) is 17.1 Å². The van der Waals surface area contributed by atoms with E-state index < -0.39 is 0 Å². The minimum atomic E-state index is -0.00841. The molecule has 0 saturated carbocycles. The van der Waals surface area contributed by atoms with Gasteiger partial charge in [0, 0.05) is 28.9 Å². The zero-order valence-electron chi connectivity index (χ0n) is 14.8. The van der Waals surface area contributed by atoms with Gasteiger partial charge in [-0.1, -0.05) is 37.0 Å². The molecule has 3 rings (SSSR count). The molecule has 132 valence electrons. The number of aromatic nitrogens is 3. The van der Waals surface area contributed by atoms with Crippen LogP contribution in [-0.2, 0) is 6.42 Å². The molecule has 0 N–H and O–H groups in total. The molecule has 1 atom stereocenters. The molecular formula is C19H21Cl2N3O. The summed E-state index contributed by atoms with van der Waals surface area (Å²) in [4.78, 5) is 8.69. The van der Waals surface area contributed by atoms with Crippen molar-refractivity contribution in [2.75, 3.05) is 6.61 Å². The van der Waals surface area contributed by atoms with Crippen LogP contribution < -0.4 is 4.74 Å². The fourth-order valence-electron chi connectivity index (χ4n) is 3.24. The zero-order valence-corrected chi connectivity index (χ0v) is 16.3. The van der Waals surface area contributed by atoms with E-state index in [2.05, 4.69) is 23.8 Å². The van der Waals surface area contributed by atoms with Gasteiger partial charge < -0.3 is 4.74 Å². The number of imidazole rings is 1. The van der Waals surface area contributed by atoms with Crippen LogP contribution in [-0.4, -0.2) is 21.0 Å². The third kappa shape index (κ3) is 3.09. The Kier molecular flexibility index (Phi) is 5.21. The van der Waals surface area contributed by atoms with Gasteiger partial charge in [0.05, 0.1) is 12.8 Å². The minimum absolute atomic E-state index is 0.00841. The van der Waals surface area contributed by atoms with Gasteiger partial charge in [-0.25, -0.2) is 9.97 Å². The van der Waals surface area contributed by atoms with E-state index in [1.807, 2.05) is 30.5 Å². The lowest BCUT2D eigenvalue weighted by Gasteiger charge is -2.21. The Morgan fingerprint density at radius 3 is 2.68 bits per heavy atom. The van der Waals surface area contributed by atoms with E-state index in [1.165, 1.54) is 0 Å². The molecule has 4 nitrogen and oxygen atoms in total. The predicted octanol–water partition coefficient (Wildman–Crippen LogP) is 5.46. The van der Waals surface area contributed by atoms with E-state index in [4.69, 9.17) is 27.9 Å². The molecule has 0 bridgehead atoms. The highest BCUT2D eigenvalue weighted by Crippen LogP contribution is 2.39. The average molecular weight is 378 g/mol. The summed E-state index contributed by atoms with van der Waals surface area (Å²) in [6, 6.07) is 2.00. The van der Waals surface area contributed by atoms with Crippen LogP contribution in [0.2, 0.25) is 10.2 Å². The van der Waals surface area contributed by atoms with Crippen molar-refractivity contribution in [1.29, 1.82) is 0 Å². The molecule has 25 heavy (non-hydrogen) atoms. The highest BCUT2D eigenvalue weighted by molar-refractivity contribution is 6.32. The van der Waals surface area contributed by atoms with Crippen LogP contribution in [0.1, 0.15) is 49.2 Å². The lowest BCUT2D eigenvalue weighted by molar-refractivity contribution is 0.331. The van der Waals surface area contributed by atoms with Gasteiger partial charge in [0.2, 0.25) is 0 Å². The number of nitrogens with zero attached hydrogens (tertiary/aromatic N) is 3. The van der Waals surface area contributed by atoms with Crippen LogP contribution in [0, 0.1) is 6.92 Å². The van der Waals surface area contributed by atoms with E-state index in [0.717, 1.165) is 45.2 Å². The summed E-state index contributed by atoms with van der Waals surface area (Å²) < 4.78 is 7.98. The first-order chi connectivity index (χ1) is 12.0. The molecule has 0 aliphatic carbocycles. The number of benzene rings is 1. The number of fused-ring (bicyclic) bond motifs is 1. The summed E-state index contributed by atoms with van der Waals surface area (Å²) in [5.41, 5.74) is 4.05. The summed E-state index contributed by atoms with van der Waals surface area (Å²) in [5, 5.41) is 1.19. The normalized spacial score (nSPS) is 12.6. The van der Waals surface area contributed by atoms with Gasteiger partial charge in [-0.05, 0) is 37.5 Å². The summed E-state index contributed by atoms with van der Waals surface area (Å²) >= 11 is 12.7. The van der Waals surface area contributed by atoms with Gasteiger partial charge in [0.15, 0.2) is 5.15 Å². The van der Waals surface area contributed by atoms with Crippen molar-refractivity contribution in [3.63, 3.8) is 0 Å². The summed E-state index contributed by atoms with van der Waals surface area (Å²) in [5.74, 6) is 1.78. The minimum Gasteiger partial charge on any atom is -0.493 e. The maximum atomic E-state index is 6.50. The van der Waals surface area contributed by atoms with Gasteiger partial charge in [-0.2, -0.15) is 0 Å². The van der Waals surface area contributed by atoms with E-state index in [0.29, 0.717) is 11.8 Å². The number of hydrogen-bond acceptors (Lipinski definition) is 3. The molecule has 3 aromatic rings. The lowest BCUT2D eigenvalue weighted by atomic mass is 9.93. The van der Waals surface area contributed by atoms with Crippen molar-refractivity contribution in [1.82, 2.24) is 14.4 Å². The first-order valence-corrected chi connectivity index (χ1v) is 9.17. The van der Waals surface area contributed by atoms with Crippen molar-refractivity contribution < 1.29 is 4.74 Å². The average Bonchev–Trinajstić information content (AvgIpc) is 3.03. The number of halogens is 2. The van der Waals surface area contributed by atoms with Crippen molar-refractivity contribution in [2.45, 2.75) is 40.0 Å². The van der Waals surface area contributed by atoms with Crippen molar-refractivity contribution in [3.8, 4) is 5.75 Å². The smallest absolute Gasteiger partial charge is 0.154 e. The monoisotopic (exact) mass is 377 g/mol. The van der Waals surface area contributed by atoms with Crippen molar-refractivity contribution in [2.24, 2.45) is 0 Å². The third-order valence-electron chi connectivity index (χ3n) is 4.57. The summed E-state index contributed by atoms with van der Waals surface area (Å²) in [7, 11) is 0. The molecule has 0 fully saturated rings. The van der Waals surface area contributed by atoms with E-state index >= 15 is 0 Å². The van der Waals surface area contributed by atoms with E-state index in [1.54, 1.807) is 12.4 Å². The molecule has 1 unspecified atom stereocenters. The number of hydrogen-bond donors (Lipinski definition) is 0. The Hall–Kier alpha value is -1.78. The highest BCUT2D eigenvalue weighted by atomic mass is 35.5. The van der Waals surface area contributed by atoms with Crippen LogP contribution in [0.4, 0.5) is 0 Å². The number of rotatable bonds is 5. The third-order valence-corrected chi connectivity index (χ3v) is 5.25. The van der Waals surface area contributed by atoms with Gasteiger partial charge in [-0.3, -0.25) is 4.40 Å². The van der Waals surface area contributed by atoms with E-state index in [9.17, 15) is 0 Å². The maximum Gasteiger partial charge on any atom is 0.154 e. The first-order valence-electron chi connectivity index (χ1n) is 8.41. The van der Waals surface area contributed by atoms with Crippen LogP contribution in [0.3, 0.4) is 0 Å². The second-order valence-electron chi connectivity index (χ2n) is 5.98.